The van der Waals surface area contributed by atoms with Gasteiger partial charge in [-0.1, -0.05) is 56.6 Å². The Balaban J connectivity index is 1.56. The van der Waals surface area contributed by atoms with Crippen molar-refractivity contribution in [2.45, 2.75) is 64.0 Å². The minimum absolute atomic E-state index is 0.00705. The molecule has 1 unspecified atom stereocenters. The molecular formula is C26H34ClN3O. The lowest BCUT2D eigenvalue weighted by atomic mass is 9.86. The summed E-state index contributed by atoms with van der Waals surface area (Å²) < 4.78 is 0. The van der Waals surface area contributed by atoms with Crippen LogP contribution in [0, 0.1) is 0 Å². The van der Waals surface area contributed by atoms with Crippen LogP contribution >= 0.6 is 11.6 Å². The number of hydrogen-bond acceptors (Lipinski definition) is 2. The summed E-state index contributed by atoms with van der Waals surface area (Å²) in [6, 6.07) is 16.9. The van der Waals surface area contributed by atoms with Gasteiger partial charge in [-0.05, 0) is 73.0 Å². The van der Waals surface area contributed by atoms with Crippen molar-refractivity contribution >= 4 is 23.3 Å². The smallest absolute Gasteiger partial charge is 0.320 e. The highest BCUT2D eigenvalue weighted by atomic mass is 35.5. The summed E-state index contributed by atoms with van der Waals surface area (Å²) in [7, 11) is 0. The third kappa shape index (κ3) is 5.24. The van der Waals surface area contributed by atoms with Crippen molar-refractivity contribution in [3.05, 3.63) is 64.7 Å². The number of benzene rings is 2. The van der Waals surface area contributed by atoms with Gasteiger partial charge in [0.25, 0.3) is 0 Å². The van der Waals surface area contributed by atoms with Crippen LogP contribution in [0.3, 0.4) is 0 Å². The molecule has 1 N–H and O–H groups in total. The molecule has 2 aromatic rings. The van der Waals surface area contributed by atoms with E-state index in [0.717, 1.165) is 44.6 Å². The number of fused-ring (bicyclic) bond motifs is 1. The molecule has 4 nitrogen and oxygen atoms in total. The van der Waals surface area contributed by atoms with E-state index in [0.29, 0.717) is 11.1 Å². The van der Waals surface area contributed by atoms with Gasteiger partial charge in [-0.15, -0.1) is 0 Å². The minimum Gasteiger partial charge on any atom is -0.320 e. The SMILES string of the molecule is CC(C)(C)c1ccc(CC2[C@@H]3CCCN3CCCN2C(=O)Nc2ccc(Cl)cc2)cc1. The van der Waals surface area contributed by atoms with E-state index in [1.54, 1.807) is 0 Å². The van der Waals surface area contributed by atoms with Crippen LogP contribution in [-0.2, 0) is 11.8 Å². The van der Waals surface area contributed by atoms with Crippen molar-refractivity contribution in [3.8, 4) is 0 Å². The van der Waals surface area contributed by atoms with Gasteiger partial charge in [0, 0.05) is 29.8 Å². The molecule has 4 rings (SSSR count). The quantitative estimate of drug-likeness (QED) is 0.641. The van der Waals surface area contributed by atoms with Gasteiger partial charge in [0.05, 0.1) is 6.04 Å². The highest BCUT2D eigenvalue weighted by Gasteiger charge is 2.39. The summed E-state index contributed by atoms with van der Waals surface area (Å²) in [6.45, 7) is 9.74. The third-order valence-corrected chi connectivity index (χ3v) is 6.98. The molecule has 166 valence electrons. The van der Waals surface area contributed by atoms with Gasteiger partial charge >= 0.3 is 6.03 Å². The van der Waals surface area contributed by atoms with Crippen molar-refractivity contribution < 1.29 is 4.79 Å². The number of halogens is 1. The Morgan fingerprint density at radius 1 is 1.00 bits per heavy atom. The lowest BCUT2D eigenvalue weighted by molar-refractivity contribution is 0.153. The summed E-state index contributed by atoms with van der Waals surface area (Å²) in [6.07, 6.45) is 4.29. The van der Waals surface area contributed by atoms with Crippen molar-refractivity contribution in [1.82, 2.24) is 9.80 Å². The van der Waals surface area contributed by atoms with Crippen molar-refractivity contribution in [2.75, 3.05) is 25.0 Å². The Hall–Kier alpha value is -2.04. The Morgan fingerprint density at radius 3 is 2.35 bits per heavy atom. The van der Waals surface area contributed by atoms with Crippen LogP contribution in [0.5, 0.6) is 0 Å². The molecule has 0 aliphatic carbocycles. The summed E-state index contributed by atoms with van der Waals surface area (Å²) in [5.74, 6) is 0. The lowest BCUT2D eigenvalue weighted by Gasteiger charge is -2.36. The average molecular weight is 440 g/mol. The number of carbonyl (C=O) groups excluding carboxylic acids is 1. The highest BCUT2D eigenvalue weighted by Crippen LogP contribution is 2.30. The topological polar surface area (TPSA) is 35.6 Å². The molecule has 2 aliphatic rings. The number of anilines is 1. The molecule has 2 atom stereocenters. The zero-order valence-electron chi connectivity index (χ0n) is 18.9. The van der Waals surface area contributed by atoms with Crippen LogP contribution in [0.1, 0.15) is 51.2 Å². The number of carbonyl (C=O) groups is 1. The van der Waals surface area contributed by atoms with Crippen LogP contribution in [-0.4, -0.2) is 47.5 Å². The fraction of sp³-hybridized carbons (Fsp3) is 0.500. The second-order valence-corrected chi connectivity index (χ2v) is 10.4. The summed E-state index contributed by atoms with van der Waals surface area (Å²) >= 11 is 6.00. The molecule has 0 spiro atoms. The zero-order valence-corrected chi connectivity index (χ0v) is 19.7. The van der Waals surface area contributed by atoms with Crippen molar-refractivity contribution in [1.29, 1.82) is 0 Å². The van der Waals surface area contributed by atoms with Gasteiger partial charge in [-0.2, -0.15) is 0 Å². The first kappa shape index (κ1) is 22.2. The predicted octanol–water partition coefficient (Wildman–Crippen LogP) is 5.95. The molecule has 2 amide bonds. The summed E-state index contributed by atoms with van der Waals surface area (Å²) in [5.41, 5.74) is 3.58. The number of urea groups is 1. The van der Waals surface area contributed by atoms with E-state index >= 15 is 0 Å². The van der Waals surface area contributed by atoms with E-state index in [9.17, 15) is 4.79 Å². The number of hydrogen-bond donors (Lipinski definition) is 1. The molecule has 0 bridgehead atoms. The van der Waals surface area contributed by atoms with Gasteiger partial charge in [0.2, 0.25) is 0 Å². The largest absolute Gasteiger partial charge is 0.322 e. The second-order valence-electron chi connectivity index (χ2n) is 9.95. The van der Waals surface area contributed by atoms with Gasteiger partial charge < -0.3 is 10.2 Å². The van der Waals surface area contributed by atoms with E-state index in [4.69, 9.17) is 11.6 Å². The van der Waals surface area contributed by atoms with Crippen LogP contribution in [0.2, 0.25) is 5.02 Å². The number of amides is 2. The maximum absolute atomic E-state index is 13.3. The van der Waals surface area contributed by atoms with E-state index in [-0.39, 0.29) is 17.5 Å². The Kier molecular flexibility index (Phi) is 6.59. The van der Waals surface area contributed by atoms with Crippen molar-refractivity contribution in [2.24, 2.45) is 0 Å². The molecule has 2 saturated heterocycles. The normalized spacial score (nSPS) is 22.1. The maximum Gasteiger partial charge on any atom is 0.322 e. The predicted molar refractivity (Wildman–Crippen MR) is 129 cm³/mol. The summed E-state index contributed by atoms with van der Waals surface area (Å²) in [5, 5.41) is 3.77. The molecule has 5 heteroatoms. The third-order valence-electron chi connectivity index (χ3n) is 6.72. The summed E-state index contributed by atoms with van der Waals surface area (Å²) in [4.78, 5) is 18.0. The van der Waals surface area contributed by atoms with E-state index in [2.05, 4.69) is 60.2 Å². The first-order chi connectivity index (χ1) is 14.8. The van der Waals surface area contributed by atoms with E-state index in [1.807, 2.05) is 24.3 Å². The molecule has 2 aromatic carbocycles. The van der Waals surface area contributed by atoms with Gasteiger partial charge in [-0.3, -0.25) is 4.90 Å². The van der Waals surface area contributed by atoms with Gasteiger partial charge in [0.1, 0.15) is 0 Å². The molecule has 0 radical (unpaired) electrons. The molecule has 31 heavy (non-hydrogen) atoms. The standard InChI is InChI=1S/C26H34ClN3O/c1-26(2,3)20-9-7-19(8-10-20)18-24-23-6-4-15-29(23)16-5-17-30(24)25(31)28-22-13-11-21(27)12-14-22/h7-14,23-24H,4-6,15-18H2,1-3H3,(H,28,31)/t23-,24?/m0/s1. The van der Waals surface area contributed by atoms with Crippen LogP contribution in [0.15, 0.2) is 48.5 Å². The first-order valence-corrected chi connectivity index (χ1v) is 11.9. The van der Waals surface area contributed by atoms with Gasteiger partial charge in [-0.25, -0.2) is 4.79 Å². The number of rotatable bonds is 3. The van der Waals surface area contributed by atoms with Crippen LogP contribution in [0.4, 0.5) is 10.5 Å². The molecule has 0 aromatic heterocycles. The minimum atomic E-state index is -0.00705. The van der Waals surface area contributed by atoms with Crippen molar-refractivity contribution in [3.63, 3.8) is 0 Å². The van der Waals surface area contributed by atoms with Gasteiger partial charge in [0.15, 0.2) is 0 Å². The lowest BCUT2D eigenvalue weighted by Crippen LogP contribution is -2.51. The maximum atomic E-state index is 13.3. The van der Waals surface area contributed by atoms with E-state index < -0.39 is 0 Å². The fourth-order valence-corrected chi connectivity index (χ4v) is 5.12. The zero-order chi connectivity index (χ0) is 22.0. The van der Waals surface area contributed by atoms with Crippen LogP contribution < -0.4 is 5.32 Å². The fourth-order valence-electron chi connectivity index (χ4n) is 4.99. The Labute approximate surface area is 191 Å². The molecule has 0 saturated carbocycles. The number of nitrogens with one attached hydrogen (secondary N) is 1. The van der Waals surface area contributed by atoms with Crippen LogP contribution in [0.25, 0.3) is 0 Å². The van der Waals surface area contributed by atoms with E-state index in [1.165, 1.54) is 17.5 Å². The Bertz CT molecular complexity index is 888. The molecule has 2 aliphatic heterocycles. The average Bonchev–Trinajstić information content (AvgIpc) is 3.13. The monoisotopic (exact) mass is 439 g/mol. The molecule has 2 heterocycles. The molecule has 2 fully saturated rings. The number of nitrogens with zero attached hydrogens (tertiary/aromatic N) is 2. The second kappa shape index (κ2) is 9.22. The highest BCUT2D eigenvalue weighted by molar-refractivity contribution is 6.30. The Morgan fingerprint density at radius 2 is 1.68 bits per heavy atom. The molecular weight excluding hydrogens is 406 g/mol. The first-order valence-electron chi connectivity index (χ1n) is 11.5.